The third-order valence-corrected chi connectivity index (χ3v) is 1.83. The molecule has 17 heavy (non-hydrogen) atoms. The quantitative estimate of drug-likeness (QED) is 0.657. The molecule has 0 saturated carbocycles. The standard InChI is InChI=1S/C11H22N2O4/c1-10(2,3)7(8(14)15)12-13-9(16)17-11(4,5)6/h7,12H,1-6H3,(H,13,16)(H,14,15)/t7-/m1/s1. The van der Waals surface area contributed by atoms with Crippen molar-refractivity contribution in [2.45, 2.75) is 53.2 Å². The maximum absolute atomic E-state index is 11.3. The molecule has 0 fully saturated rings. The summed E-state index contributed by atoms with van der Waals surface area (Å²) in [6, 6.07) is -0.894. The fraction of sp³-hybridized carbons (Fsp3) is 0.818. The van der Waals surface area contributed by atoms with Gasteiger partial charge in [-0.2, -0.15) is 0 Å². The van der Waals surface area contributed by atoms with Crippen molar-refractivity contribution in [2.24, 2.45) is 5.41 Å². The van der Waals surface area contributed by atoms with Crippen LogP contribution in [-0.2, 0) is 9.53 Å². The first-order valence-corrected chi connectivity index (χ1v) is 5.41. The van der Waals surface area contributed by atoms with Gasteiger partial charge in [0.05, 0.1) is 0 Å². The van der Waals surface area contributed by atoms with Crippen LogP contribution in [0.5, 0.6) is 0 Å². The number of hydrazine groups is 1. The van der Waals surface area contributed by atoms with E-state index in [-0.39, 0.29) is 0 Å². The molecule has 1 amide bonds. The van der Waals surface area contributed by atoms with E-state index in [4.69, 9.17) is 9.84 Å². The molecule has 100 valence electrons. The lowest BCUT2D eigenvalue weighted by molar-refractivity contribution is -0.142. The average Bonchev–Trinajstić information content (AvgIpc) is 1.96. The van der Waals surface area contributed by atoms with Crippen LogP contribution in [0.25, 0.3) is 0 Å². The molecule has 0 rings (SSSR count). The van der Waals surface area contributed by atoms with Crippen molar-refractivity contribution >= 4 is 12.1 Å². The molecular formula is C11H22N2O4. The molecule has 0 aromatic rings. The predicted octanol–water partition coefficient (Wildman–Crippen LogP) is 1.51. The van der Waals surface area contributed by atoms with Crippen LogP contribution in [0.1, 0.15) is 41.5 Å². The fourth-order valence-electron chi connectivity index (χ4n) is 1.08. The number of nitrogens with one attached hydrogen (secondary N) is 2. The van der Waals surface area contributed by atoms with Gasteiger partial charge in [0.25, 0.3) is 0 Å². The number of amides is 1. The molecule has 0 aliphatic carbocycles. The SMILES string of the molecule is CC(C)(C)OC(=O)NN[C@H](C(=O)O)C(C)(C)C. The molecule has 0 bridgehead atoms. The fourth-order valence-corrected chi connectivity index (χ4v) is 1.08. The smallest absolute Gasteiger partial charge is 0.422 e. The van der Waals surface area contributed by atoms with E-state index in [0.29, 0.717) is 0 Å². The minimum atomic E-state index is -1.03. The second-order valence-corrected chi connectivity index (χ2v) is 5.91. The monoisotopic (exact) mass is 246 g/mol. The van der Waals surface area contributed by atoms with Crippen molar-refractivity contribution in [1.82, 2.24) is 10.9 Å². The lowest BCUT2D eigenvalue weighted by Gasteiger charge is -2.28. The topological polar surface area (TPSA) is 87.7 Å². The second kappa shape index (κ2) is 5.35. The molecule has 0 radical (unpaired) electrons. The van der Waals surface area contributed by atoms with Crippen molar-refractivity contribution in [2.75, 3.05) is 0 Å². The number of ether oxygens (including phenoxy) is 1. The molecular weight excluding hydrogens is 224 g/mol. The molecule has 0 unspecified atom stereocenters. The summed E-state index contributed by atoms with van der Waals surface area (Å²) in [6.45, 7) is 10.5. The molecule has 0 spiro atoms. The van der Waals surface area contributed by atoms with Crippen LogP contribution < -0.4 is 10.9 Å². The molecule has 0 aliphatic rings. The number of carboxylic acid groups (broad SMARTS) is 1. The largest absolute Gasteiger partial charge is 0.480 e. The molecule has 0 aliphatic heterocycles. The lowest BCUT2D eigenvalue weighted by atomic mass is 9.87. The normalized spacial score (nSPS) is 14.0. The highest BCUT2D eigenvalue weighted by Gasteiger charge is 2.31. The Morgan fingerprint density at radius 1 is 1.12 bits per heavy atom. The number of rotatable bonds is 3. The summed E-state index contributed by atoms with van der Waals surface area (Å²) in [5, 5.41) is 9.00. The van der Waals surface area contributed by atoms with Gasteiger partial charge >= 0.3 is 12.1 Å². The molecule has 6 nitrogen and oxygen atoms in total. The highest BCUT2D eigenvalue weighted by Crippen LogP contribution is 2.18. The number of carboxylic acids is 1. The van der Waals surface area contributed by atoms with Gasteiger partial charge in [-0.3, -0.25) is 10.2 Å². The summed E-state index contributed by atoms with van der Waals surface area (Å²) in [4.78, 5) is 22.3. The van der Waals surface area contributed by atoms with E-state index in [0.717, 1.165) is 0 Å². The van der Waals surface area contributed by atoms with E-state index < -0.39 is 29.1 Å². The molecule has 0 saturated heterocycles. The van der Waals surface area contributed by atoms with E-state index in [9.17, 15) is 9.59 Å². The zero-order valence-corrected chi connectivity index (χ0v) is 11.2. The Bertz CT molecular complexity index is 289. The Kier molecular flexibility index (Phi) is 4.94. The van der Waals surface area contributed by atoms with Gasteiger partial charge in [0.15, 0.2) is 0 Å². The number of hydrogen-bond acceptors (Lipinski definition) is 4. The number of carbonyl (C=O) groups is 2. The summed E-state index contributed by atoms with van der Waals surface area (Å²) in [5.41, 5.74) is 3.55. The molecule has 3 N–H and O–H groups in total. The van der Waals surface area contributed by atoms with E-state index >= 15 is 0 Å². The van der Waals surface area contributed by atoms with E-state index in [1.54, 1.807) is 41.5 Å². The molecule has 1 atom stereocenters. The number of hydrogen-bond donors (Lipinski definition) is 3. The molecule has 0 aromatic heterocycles. The van der Waals surface area contributed by atoms with Gasteiger partial charge in [-0.15, -0.1) is 0 Å². The third-order valence-electron chi connectivity index (χ3n) is 1.83. The van der Waals surface area contributed by atoms with Gasteiger partial charge in [-0.1, -0.05) is 20.8 Å². The number of carbonyl (C=O) groups excluding carboxylic acids is 1. The Hall–Kier alpha value is -1.30. The summed E-state index contributed by atoms with van der Waals surface area (Å²) in [7, 11) is 0. The van der Waals surface area contributed by atoms with Crippen molar-refractivity contribution < 1.29 is 19.4 Å². The van der Waals surface area contributed by atoms with Crippen LogP contribution in [-0.4, -0.2) is 28.8 Å². The molecule has 6 heteroatoms. The number of aliphatic carboxylic acids is 1. The van der Waals surface area contributed by atoms with Gasteiger partial charge in [-0.05, 0) is 26.2 Å². The summed E-state index contributed by atoms with van der Waals surface area (Å²) in [6.07, 6.45) is -0.701. The highest BCUT2D eigenvalue weighted by atomic mass is 16.6. The van der Waals surface area contributed by atoms with Gasteiger partial charge in [0.2, 0.25) is 0 Å². The van der Waals surface area contributed by atoms with Gasteiger partial charge < -0.3 is 9.84 Å². The van der Waals surface area contributed by atoms with Crippen LogP contribution in [0.4, 0.5) is 4.79 Å². The summed E-state index contributed by atoms with van der Waals surface area (Å²) >= 11 is 0. The Balaban J connectivity index is 4.34. The summed E-state index contributed by atoms with van der Waals surface area (Å²) in [5.74, 6) is -1.03. The maximum atomic E-state index is 11.3. The van der Waals surface area contributed by atoms with Crippen LogP contribution >= 0.6 is 0 Å². The van der Waals surface area contributed by atoms with E-state index in [2.05, 4.69) is 10.9 Å². The highest BCUT2D eigenvalue weighted by molar-refractivity contribution is 5.75. The summed E-state index contributed by atoms with van der Waals surface area (Å²) < 4.78 is 4.98. The van der Waals surface area contributed by atoms with Crippen LogP contribution in [0.3, 0.4) is 0 Å². The van der Waals surface area contributed by atoms with Gasteiger partial charge in [0.1, 0.15) is 11.6 Å². The third kappa shape index (κ3) is 6.78. The zero-order chi connectivity index (χ0) is 13.9. The molecule has 0 aromatic carbocycles. The Labute approximate surface area is 102 Å². The van der Waals surface area contributed by atoms with Crippen molar-refractivity contribution in [3.8, 4) is 0 Å². The zero-order valence-electron chi connectivity index (χ0n) is 11.2. The Morgan fingerprint density at radius 3 is 1.88 bits per heavy atom. The van der Waals surface area contributed by atoms with Gasteiger partial charge in [-0.25, -0.2) is 10.2 Å². The van der Waals surface area contributed by atoms with Gasteiger partial charge in [0, 0.05) is 0 Å². The van der Waals surface area contributed by atoms with Crippen LogP contribution in [0.15, 0.2) is 0 Å². The average molecular weight is 246 g/mol. The lowest BCUT2D eigenvalue weighted by Crippen LogP contribution is -2.54. The first-order valence-electron chi connectivity index (χ1n) is 5.41. The van der Waals surface area contributed by atoms with Crippen LogP contribution in [0, 0.1) is 5.41 Å². The predicted molar refractivity (Wildman–Crippen MR) is 63.4 cm³/mol. The van der Waals surface area contributed by atoms with Crippen LogP contribution in [0.2, 0.25) is 0 Å². The first-order chi connectivity index (χ1) is 7.43. The Morgan fingerprint density at radius 2 is 1.59 bits per heavy atom. The van der Waals surface area contributed by atoms with Crippen molar-refractivity contribution in [1.29, 1.82) is 0 Å². The van der Waals surface area contributed by atoms with E-state index in [1.165, 1.54) is 0 Å². The maximum Gasteiger partial charge on any atom is 0.422 e. The van der Waals surface area contributed by atoms with E-state index in [1.807, 2.05) is 0 Å². The van der Waals surface area contributed by atoms with Crippen molar-refractivity contribution in [3.05, 3.63) is 0 Å². The first kappa shape index (κ1) is 15.7. The second-order valence-electron chi connectivity index (χ2n) is 5.91. The van der Waals surface area contributed by atoms with Crippen molar-refractivity contribution in [3.63, 3.8) is 0 Å². The minimum absolute atomic E-state index is 0.527. The molecule has 0 heterocycles. The minimum Gasteiger partial charge on any atom is -0.480 e.